The van der Waals surface area contributed by atoms with Crippen LogP contribution < -0.4 is 10.6 Å². The molecule has 1 aromatic rings. The molecule has 0 spiro atoms. The van der Waals surface area contributed by atoms with Crippen molar-refractivity contribution in [3.63, 3.8) is 0 Å². The van der Waals surface area contributed by atoms with Gasteiger partial charge in [0.05, 0.1) is 0 Å². The maximum Gasteiger partial charge on any atom is 0.170 e. The highest BCUT2D eigenvalue weighted by Gasteiger charge is 2.30. The van der Waals surface area contributed by atoms with Crippen molar-refractivity contribution < 1.29 is 5.21 Å². The maximum atomic E-state index is 8.71. The summed E-state index contributed by atoms with van der Waals surface area (Å²) in [7, 11) is 0. The van der Waals surface area contributed by atoms with Crippen LogP contribution in [0.5, 0.6) is 0 Å². The van der Waals surface area contributed by atoms with Crippen LogP contribution >= 0.6 is 0 Å². The summed E-state index contributed by atoms with van der Waals surface area (Å²) in [5, 5.41) is 11.7. The van der Waals surface area contributed by atoms with Crippen LogP contribution in [0.3, 0.4) is 0 Å². The van der Waals surface area contributed by atoms with Gasteiger partial charge in [0.25, 0.3) is 0 Å². The Bertz CT molecular complexity index is 440. The average Bonchev–Trinajstić information content (AvgIpc) is 3.19. The van der Waals surface area contributed by atoms with Crippen LogP contribution in [-0.2, 0) is 0 Å². The lowest BCUT2D eigenvalue weighted by Gasteiger charge is -2.25. The lowest BCUT2D eigenvalue weighted by atomic mass is 10.2. The van der Waals surface area contributed by atoms with E-state index < -0.39 is 0 Å². The fraction of sp³-hybridized carbons (Fsp3) is 0.538. The Kier molecular flexibility index (Phi) is 3.69. The van der Waals surface area contributed by atoms with E-state index in [2.05, 4.69) is 28.9 Å². The van der Waals surface area contributed by atoms with Crippen molar-refractivity contribution in [1.29, 1.82) is 0 Å². The van der Waals surface area contributed by atoms with Gasteiger partial charge in [-0.2, -0.15) is 0 Å². The van der Waals surface area contributed by atoms with E-state index in [0.29, 0.717) is 17.5 Å². The van der Waals surface area contributed by atoms with Gasteiger partial charge >= 0.3 is 0 Å². The molecule has 1 aromatic heterocycles. The minimum absolute atomic E-state index is 0.124. The van der Waals surface area contributed by atoms with E-state index in [-0.39, 0.29) is 5.84 Å². The number of amidine groups is 1. The molecule has 0 bridgehead atoms. The molecule has 0 aliphatic heterocycles. The van der Waals surface area contributed by atoms with Gasteiger partial charge in [0, 0.05) is 24.3 Å². The first kappa shape index (κ1) is 12.7. The second-order valence-electron chi connectivity index (χ2n) is 5.17. The molecule has 0 amide bonds. The van der Waals surface area contributed by atoms with E-state index in [1.807, 2.05) is 6.07 Å². The molecule has 0 unspecified atom stereocenters. The van der Waals surface area contributed by atoms with Crippen molar-refractivity contribution in [2.75, 3.05) is 11.4 Å². The number of hydrogen-bond donors (Lipinski definition) is 2. The summed E-state index contributed by atoms with van der Waals surface area (Å²) in [6.45, 7) is 5.38. The standard InChI is InChI=1S/C13H20N4O/c1-9(2)8-17(11-3-4-11)12-7-10(5-6-15-12)13(14)16-18/h5-7,9,11,18H,3-4,8H2,1-2H3,(H2,14,16). The number of nitrogens with two attached hydrogens (primary N) is 1. The van der Waals surface area contributed by atoms with E-state index in [4.69, 9.17) is 10.9 Å². The van der Waals surface area contributed by atoms with E-state index in [1.165, 1.54) is 12.8 Å². The number of aromatic nitrogens is 1. The van der Waals surface area contributed by atoms with Crippen LogP contribution in [0, 0.1) is 5.92 Å². The Morgan fingerprint density at radius 1 is 1.61 bits per heavy atom. The molecule has 1 aliphatic rings. The van der Waals surface area contributed by atoms with Crippen LogP contribution in [0.1, 0.15) is 32.3 Å². The molecule has 18 heavy (non-hydrogen) atoms. The predicted molar refractivity (Wildman–Crippen MR) is 72.0 cm³/mol. The van der Waals surface area contributed by atoms with E-state index in [1.54, 1.807) is 12.3 Å². The molecule has 98 valence electrons. The monoisotopic (exact) mass is 248 g/mol. The SMILES string of the molecule is CC(C)CN(c1cc(/C(N)=N/O)ccn1)C1CC1. The highest BCUT2D eigenvalue weighted by atomic mass is 16.4. The fourth-order valence-electron chi connectivity index (χ4n) is 2.00. The zero-order valence-corrected chi connectivity index (χ0v) is 10.9. The normalized spacial score (nSPS) is 16.1. The lowest BCUT2D eigenvalue weighted by molar-refractivity contribution is 0.318. The number of anilines is 1. The smallest absolute Gasteiger partial charge is 0.170 e. The molecule has 0 aromatic carbocycles. The van der Waals surface area contributed by atoms with Crippen molar-refractivity contribution in [3.05, 3.63) is 23.9 Å². The number of pyridine rings is 1. The Hall–Kier alpha value is -1.78. The highest BCUT2D eigenvalue weighted by molar-refractivity contribution is 5.97. The van der Waals surface area contributed by atoms with Gasteiger partial charge in [0.2, 0.25) is 0 Å². The largest absolute Gasteiger partial charge is 0.409 e. The fourth-order valence-corrected chi connectivity index (χ4v) is 2.00. The summed E-state index contributed by atoms with van der Waals surface area (Å²) >= 11 is 0. The van der Waals surface area contributed by atoms with Crippen molar-refractivity contribution in [2.45, 2.75) is 32.7 Å². The minimum atomic E-state index is 0.124. The van der Waals surface area contributed by atoms with Crippen LogP contribution in [0.2, 0.25) is 0 Å². The Morgan fingerprint density at radius 2 is 2.33 bits per heavy atom. The molecular weight excluding hydrogens is 228 g/mol. The van der Waals surface area contributed by atoms with E-state index in [0.717, 1.165) is 12.4 Å². The zero-order chi connectivity index (χ0) is 13.1. The summed E-state index contributed by atoms with van der Waals surface area (Å²) in [6.07, 6.45) is 4.16. The Labute approximate surface area is 107 Å². The highest BCUT2D eigenvalue weighted by Crippen LogP contribution is 2.31. The van der Waals surface area contributed by atoms with E-state index in [9.17, 15) is 0 Å². The van der Waals surface area contributed by atoms with E-state index >= 15 is 0 Å². The number of hydrogen-bond acceptors (Lipinski definition) is 4. The third kappa shape index (κ3) is 2.91. The average molecular weight is 248 g/mol. The topological polar surface area (TPSA) is 74.7 Å². The van der Waals surface area contributed by atoms with Crippen molar-refractivity contribution >= 4 is 11.7 Å². The van der Waals surface area contributed by atoms with Gasteiger partial charge < -0.3 is 15.8 Å². The molecule has 0 saturated heterocycles. The molecule has 1 aliphatic carbocycles. The molecule has 5 heteroatoms. The molecule has 1 fully saturated rings. The summed E-state index contributed by atoms with van der Waals surface area (Å²) in [5.74, 6) is 1.62. The number of oxime groups is 1. The van der Waals surface area contributed by atoms with Crippen LogP contribution in [0.25, 0.3) is 0 Å². The Balaban J connectivity index is 2.24. The molecule has 5 nitrogen and oxygen atoms in total. The number of rotatable bonds is 5. The zero-order valence-electron chi connectivity index (χ0n) is 10.9. The minimum Gasteiger partial charge on any atom is -0.409 e. The van der Waals surface area contributed by atoms with Crippen molar-refractivity contribution in [1.82, 2.24) is 4.98 Å². The summed E-state index contributed by atoms with van der Waals surface area (Å²) in [6, 6.07) is 4.23. The van der Waals surface area contributed by atoms with Crippen molar-refractivity contribution in [3.8, 4) is 0 Å². The van der Waals surface area contributed by atoms with Gasteiger partial charge in [-0.05, 0) is 30.9 Å². The third-order valence-electron chi connectivity index (χ3n) is 2.99. The van der Waals surface area contributed by atoms with Gasteiger partial charge in [-0.25, -0.2) is 4.98 Å². The summed E-state index contributed by atoms with van der Waals surface area (Å²) in [4.78, 5) is 6.72. The first-order valence-electron chi connectivity index (χ1n) is 6.32. The summed E-state index contributed by atoms with van der Waals surface area (Å²) in [5.41, 5.74) is 6.32. The second kappa shape index (κ2) is 5.25. The quantitative estimate of drug-likeness (QED) is 0.360. The van der Waals surface area contributed by atoms with Gasteiger partial charge in [0.15, 0.2) is 5.84 Å². The molecular formula is C13H20N4O. The second-order valence-corrected chi connectivity index (χ2v) is 5.17. The van der Waals surface area contributed by atoms with Crippen LogP contribution in [0.4, 0.5) is 5.82 Å². The molecule has 0 radical (unpaired) electrons. The van der Waals surface area contributed by atoms with Gasteiger partial charge in [0.1, 0.15) is 5.82 Å². The first-order valence-corrected chi connectivity index (χ1v) is 6.32. The van der Waals surface area contributed by atoms with Gasteiger partial charge in [-0.1, -0.05) is 19.0 Å². The third-order valence-corrected chi connectivity index (χ3v) is 2.99. The number of nitrogens with zero attached hydrogens (tertiary/aromatic N) is 3. The molecule has 1 saturated carbocycles. The maximum absolute atomic E-state index is 8.71. The van der Waals surface area contributed by atoms with Gasteiger partial charge in [-0.3, -0.25) is 0 Å². The Morgan fingerprint density at radius 3 is 2.89 bits per heavy atom. The predicted octanol–water partition coefficient (Wildman–Crippen LogP) is 1.80. The van der Waals surface area contributed by atoms with Crippen LogP contribution in [-0.4, -0.2) is 28.6 Å². The van der Waals surface area contributed by atoms with Crippen LogP contribution in [0.15, 0.2) is 23.5 Å². The first-order chi connectivity index (χ1) is 8.61. The van der Waals surface area contributed by atoms with Crippen molar-refractivity contribution in [2.24, 2.45) is 16.8 Å². The lowest BCUT2D eigenvalue weighted by Crippen LogP contribution is -2.31. The molecule has 0 atom stereocenters. The summed E-state index contributed by atoms with van der Waals surface area (Å²) < 4.78 is 0. The molecule has 3 N–H and O–H groups in total. The van der Waals surface area contributed by atoms with Gasteiger partial charge in [-0.15, -0.1) is 0 Å². The molecule has 2 rings (SSSR count). The molecule has 1 heterocycles.